The van der Waals surface area contributed by atoms with Crippen LogP contribution in [0.4, 0.5) is 0 Å². The summed E-state index contributed by atoms with van der Waals surface area (Å²) >= 11 is 0. The molecule has 0 radical (unpaired) electrons. The van der Waals surface area contributed by atoms with Crippen LogP contribution in [-0.4, -0.2) is 38.8 Å². The zero-order valence-electron chi connectivity index (χ0n) is 13.2. The Labute approximate surface area is 136 Å². The molecule has 4 nitrogen and oxygen atoms in total. The van der Waals surface area contributed by atoms with Gasteiger partial charge in [-0.15, -0.1) is 24.0 Å². The molecule has 0 aromatic rings. The Balaban J connectivity index is 0. The lowest BCUT2D eigenvalue weighted by Gasteiger charge is -2.20. The number of unbranched alkanes of at least 4 members (excludes halogenated alkanes) is 1. The summed E-state index contributed by atoms with van der Waals surface area (Å²) in [6.45, 7) is 11.4. The first-order chi connectivity index (χ1) is 8.61. The van der Waals surface area contributed by atoms with Gasteiger partial charge in [-0.05, 0) is 25.7 Å². The molecule has 2 N–H and O–H groups in total. The molecule has 0 aromatic carbocycles. The third-order valence-electron chi connectivity index (χ3n) is 2.99. The highest BCUT2D eigenvalue weighted by atomic mass is 127. The highest BCUT2D eigenvalue weighted by Crippen LogP contribution is 1.99. The zero-order valence-corrected chi connectivity index (χ0v) is 15.5. The van der Waals surface area contributed by atoms with Crippen molar-refractivity contribution in [3.8, 4) is 0 Å². The molecule has 0 aliphatic rings. The van der Waals surface area contributed by atoms with Gasteiger partial charge in [0, 0.05) is 32.8 Å². The van der Waals surface area contributed by atoms with E-state index in [4.69, 9.17) is 4.74 Å². The molecule has 1 atom stereocenters. The number of halogens is 1. The largest absolute Gasteiger partial charge is 0.381 e. The average Bonchev–Trinajstić information content (AvgIpc) is 2.35. The minimum atomic E-state index is 0. The van der Waals surface area contributed by atoms with Gasteiger partial charge >= 0.3 is 0 Å². The van der Waals surface area contributed by atoms with Crippen LogP contribution in [0.25, 0.3) is 0 Å². The highest BCUT2D eigenvalue weighted by Gasteiger charge is 2.08. The number of rotatable bonds is 9. The van der Waals surface area contributed by atoms with Gasteiger partial charge in [0.25, 0.3) is 0 Å². The Kier molecular flexibility index (Phi) is 16.1. The lowest BCUT2D eigenvalue weighted by molar-refractivity contribution is 0.129. The van der Waals surface area contributed by atoms with Gasteiger partial charge in [-0.1, -0.05) is 27.2 Å². The molecule has 116 valence electrons. The summed E-state index contributed by atoms with van der Waals surface area (Å²) in [7, 11) is 1.81. The second kappa shape index (κ2) is 14.4. The third kappa shape index (κ3) is 12.7. The first-order valence-corrected chi connectivity index (χ1v) is 7.16. The van der Waals surface area contributed by atoms with E-state index < -0.39 is 0 Å². The zero-order chi connectivity index (χ0) is 13.8. The molecule has 0 aliphatic carbocycles. The smallest absolute Gasteiger partial charge is 0.191 e. The fourth-order valence-corrected chi connectivity index (χ4v) is 1.31. The molecule has 1 unspecified atom stereocenters. The molecule has 0 heterocycles. The van der Waals surface area contributed by atoms with E-state index in [2.05, 4.69) is 43.3 Å². The van der Waals surface area contributed by atoms with E-state index in [0.717, 1.165) is 38.6 Å². The van der Waals surface area contributed by atoms with E-state index in [9.17, 15) is 0 Å². The first kappa shape index (κ1) is 21.3. The summed E-state index contributed by atoms with van der Waals surface area (Å²) in [6, 6.07) is 0.428. The van der Waals surface area contributed by atoms with Gasteiger partial charge in [0.15, 0.2) is 5.96 Å². The monoisotopic (exact) mass is 385 g/mol. The number of nitrogens with zero attached hydrogens (tertiary/aromatic N) is 1. The maximum Gasteiger partial charge on any atom is 0.191 e. The Bertz CT molecular complexity index is 223. The summed E-state index contributed by atoms with van der Waals surface area (Å²) < 4.78 is 5.51. The van der Waals surface area contributed by atoms with Crippen LogP contribution in [0.2, 0.25) is 0 Å². The SMILES string of the molecule is CCCCOCCCNC(=NC)NC(C)C(C)C.I. The molecule has 19 heavy (non-hydrogen) atoms. The van der Waals surface area contributed by atoms with Crippen molar-refractivity contribution in [2.24, 2.45) is 10.9 Å². The van der Waals surface area contributed by atoms with Crippen molar-refractivity contribution < 1.29 is 4.74 Å². The van der Waals surface area contributed by atoms with Crippen molar-refractivity contribution >= 4 is 29.9 Å². The van der Waals surface area contributed by atoms with Crippen LogP contribution in [0.15, 0.2) is 4.99 Å². The van der Waals surface area contributed by atoms with Crippen LogP contribution < -0.4 is 10.6 Å². The van der Waals surface area contributed by atoms with Gasteiger partial charge in [0.05, 0.1) is 0 Å². The van der Waals surface area contributed by atoms with Gasteiger partial charge in [-0.3, -0.25) is 4.99 Å². The normalized spacial score (nSPS) is 13.1. The molecule has 0 aromatic heterocycles. The van der Waals surface area contributed by atoms with Crippen molar-refractivity contribution in [2.75, 3.05) is 26.8 Å². The Morgan fingerprint density at radius 3 is 2.32 bits per heavy atom. The standard InChI is InChI=1S/C14H31N3O.HI/c1-6-7-10-18-11-8-9-16-14(15-5)17-13(4)12(2)3;/h12-13H,6-11H2,1-5H3,(H2,15,16,17);1H. The molecular formula is C14H32IN3O. The molecular weight excluding hydrogens is 353 g/mol. The third-order valence-corrected chi connectivity index (χ3v) is 2.99. The number of hydrogen-bond donors (Lipinski definition) is 2. The number of guanidine groups is 1. The van der Waals surface area contributed by atoms with E-state index >= 15 is 0 Å². The fraction of sp³-hybridized carbons (Fsp3) is 0.929. The second-order valence-corrected chi connectivity index (χ2v) is 5.00. The lowest BCUT2D eigenvalue weighted by Crippen LogP contribution is -2.44. The van der Waals surface area contributed by atoms with Crippen molar-refractivity contribution in [1.82, 2.24) is 10.6 Å². The molecule has 0 aliphatic heterocycles. The number of nitrogens with one attached hydrogen (secondary N) is 2. The van der Waals surface area contributed by atoms with Gasteiger partial charge in [0.1, 0.15) is 0 Å². The molecule has 0 saturated heterocycles. The molecule has 0 rings (SSSR count). The molecule has 0 spiro atoms. The number of aliphatic imine (C=N–C) groups is 1. The van der Waals surface area contributed by atoms with Crippen molar-refractivity contribution in [1.29, 1.82) is 0 Å². The van der Waals surface area contributed by atoms with Crippen molar-refractivity contribution in [2.45, 2.75) is 53.0 Å². The van der Waals surface area contributed by atoms with E-state index in [-0.39, 0.29) is 24.0 Å². The second-order valence-electron chi connectivity index (χ2n) is 5.00. The van der Waals surface area contributed by atoms with Gasteiger partial charge < -0.3 is 15.4 Å². The molecule has 0 saturated carbocycles. The van der Waals surface area contributed by atoms with Gasteiger partial charge in [0.2, 0.25) is 0 Å². The molecule has 0 bridgehead atoms. The van der Waals surface area contributed by atoms with Crippen LogP contribution in [-0.2, 0) is 4.74 Å². The first-order valence-electron chi connectivity index (χ1n) is 7.16. The Hall–Kier alpha value is -0.0400. The van der Waals surface area contributed by atoms with Crippen molar-refractivity contribution in [3.05, 3.63) is 0 Å². The van der Waals surface area contributed by atoms with E-state index in [1.54, 1.807) is 7.05 Å². The molecule has 0 fully saturated rings. The quantitative estimate of drug-likeness (QED) is 0.278. The highest BCUT2D eigenvalue weighted by molar-refractivity contribution is 14.0. The van der Waals surface area contributed by atoms with Crippen LogP contribution >= 0.6 is 24.0 Å². The van der Waals surface area contributed by atoms with Crippen molar-refractivity contribution in [3.63, 3.8) is 0 Å². The van der Waals surface area contributed by atoms with Gasteiger partial charge in [-0.2, -0.15) is 0 Å². The summed E-state index contributed by atoms with van der Waals surface area (Å²) in [5, 5.41) is 6.68. The average molecular weight is 385 g/mol. The van der Waals surface area contributed by atoms with E-state index in [0.29, 0.717) is 12.0 Å². The summed E-state index contributed by atoms with van der Waals surface area (Å²) in [6.07, 6.45) is 3.37. The van der Waals surface area contributed by atoms with Crippen LogP contribution in [0, 0.1) is 5.92 Å². The van der Waals surface area contributed by atoms with E-state index in [1.807, 2.05) is 0 Å². The fourth-order valence-electron chi connectivity index (χ4n) is 1.31. The summed E-state index contributed by atoms with van der Waals surface area (Å²) in [5.41, 5.74) is 0. The van der Waals surface area contributed by atoms with Crippen LogP contribution in [0.3, 0.4) is 0 Å². The minimum Gasteiger partial charge on any atom is -0.381 e. The van der Waals surface area contributed by atoms with Gasteiger partial charge in [-0.25, -0.2) is 0 Å². The summed E-state index contributed by atoms with van der Waals surface area (Å²) in [5.74, 6) is 1.48. The number of hydrogen-bond acceptors (Lipinski definition) is 2. The Morgan fingerprint density at radius 2 is 1.79 bits per heavy atom. The number of ether oxygens (including phenoxy) is 1. The van der Waals surface area contributed by atoms with Crippen LogP contribution in [0.1, 0.15) is 47.0 Å². The predicted molar refractivity (Wildman–Crippen MR) is 94.6 cm³/mol. The van der Waals surface area contributed by atoms with E-state index in [1.165, 1.54) is 6.42 Å². The Morgan fingerprint density at radius 1 is 1.16 bits per heavy atom. The van der Waals surface area contributed by atoms with Crippen LogP contribution in [0.5, 0.6) is 0 Å². The lowest BCUT2D eigenvalue weighted by atomic mass is 10.1. The molecule has 0 amide bonds. The maximum absolute atomic E-state index is 5.51. The minimum absolute atomic E-state index is 0. The molecule has 5 heteroatoms. The predicted octanol–water partition coefficient (Wildman–Crippen LogP) is 3.02. The summed E-state index contributed by atoms with van der Waals surface area (Å²) in [4.78, 5) is 4.21. The topological polar surface area (TPSA) is 45.6 Å². The maximum atomic E-state index is 5.51.